The number of benzene rings is 1. The second-order valence-electron chi connectivity index (χ2n) is 5.25. The Morgan fingerprint density at radius 1 is 1.20 bits per heavy atom. The molecule has 0 bridgehead atoms. The summed E-state index contributed by atoms with van der Waals surface area (Å²) in [4.78, 5) is 16.2. The number of hydrogen-bond acceptors (Lipinski definition) is 4. The molecule has 0 aliphatic rings. The molecule has 2 aromatic heterocycles. The number of rotatable bonds is 5. The lowest BCUT2D eigenvalue weighted by Gasteiger charge is -2.06. The number of nitrogens with zero attached hydrogens (tertiary/aromatic N) is 1. The minimum absolute atomic E-state index is 0.0951. The third-order valence-electron chi connectivity index (χ3n) is 3.39. The van der Waals surface area contributed by atoms with E-state index in [2.05, 4.69) is 10.3 Å². The first-order valence-corrected chi connectivity index (χ1v) is 8.21. The van der Waals surface area contributed by atoms with Crippen molar-refractivity contribution in [3.05, 3.63) is 65.1 Å². The molecule has 3 aromatic rings. The van der Waals surface area contributed by atoms with Gasteiger partial charge in [-0.25, -0.2) is 4.98 Å². The van der Waals surface area contributed by atoms with Gasteiger partial charge in [-0.15, -0.1) is 11.3 Å². The molecule has 25 heavy (non-hydrogen) atoms. The van der Waals surface area contributed by atoms with Gasteiger partial charge < -0.3 is 9.73 Å². The molecule has 0 saturated heterocycles. The largest absolute Gasteiger partial charge is 0.467 e. The molecule has 2 heterocycles. The monoisotopic (exact) mass is 366 g/mol. The first kappa shape index (κ1) is 17.2. The standard InChI is InChI=1S/C17H13F3N2O2S/c18-17(19,20)12-5-3-11(4-6-12)16-22-13(10-25-16)8-15(23)21-9-14-2-1-7-24-14/h1-7,10H,8-9H2,(H,21,23). The van der Waals surface area contributed by atoms with Crippen LogP contribution in [0.1, 0.15) is 17.0 Å². The number of aromatic nitrogens is 1. The molecule has 0 atom stereocenters. The van der Waals surface area contributed by atoms with Crippen LogP contribution in [0.15, 0.2) is 52.5 Å². The number of hydrogen-bond donors (Lipinski definition) is 1. The maximum Gasteiger partial charge on any atom is 0.416 e. The van der Waals surface area contributed by atoms with Gasteiger partial charge in [0, 0.05) is 10.9 Å². The molecule has 0 saturated carbocycles. The van der Waals surface area contributed by atoms with Gasteiger partial charge in [-0.05, 0) is 24.3 Å². The minimum Gasteiger partial charge on any atom is -0.467 e. The normalized spacial score (nSPS) is 11.5. The van der Waals surface area contributed by atoms with Crippen molar-refractivity contribution >= 4 is 17.2 Å². The van der Waals surface area contributed by atoms with Gasteiger partial charge >= 0.3 is 6.18 Å². The summed E-state index contributed by atoms with van der Waals surface area (Å²) in [5, 5.41) is 5.01. The molecule has 8 heteroatoms. The lowest BCUT2D eigenvalue weighted by atomic mass is 10.1. The summed E-state index contributed by atoms with van der Waals surface area (Å²) in [6.45, 7) is 0.293. The van der Waals surface area contributed by atoms with E-state index in [4.69, 9.17) is 4.42 Å². The van der Waals surface area contributed by atoms with Crippen LogP contribution in [0.2, 0.25) is 0 Å². The quantitative estimate of drug-likeness (QED) is 0.733. The fraction of sp³-hybridized carbons (Fsp3) is 0.176. The van der Waals surface area contributed by atoms with E-state index in [1.807, 2.05) is 0 Å². The summed E-state index contributed by atoms with van der Waals surface area (Å²) >= 11 is 1.28. The number of furan rings is 1. The van der Waals surface area contributed by atoms with Crippen LogP contribution in [0.5, 0.6) is 0 Å². The summed E-state index contributed by atoms with van der Waals surface area (Å²) in [6.07, 6.45) is -2.74. The van der Waals surface area contributed by atoms with Gasteiger partial charge in [0.05, 0.1) is 30.5 Å². The van der Waals surface area contributed by atoms with Crippen LogP contribution in [0, 0.1) is 0 Å². The van der Waals surface area contributed by atoms with Gasteiger partial charge in [-0.3, -0.25) is 4.79 Å². The van der Waals surface area contributed by atoms with Crippen LogP contribution in [-0.4, -0.2) is 10.9 Å². The Bertz CT molecular complexity index is 840. The van der Waals surface area contributed by atoms with Crippen LogP contribution in [0.25, 0.3) is 10.6 Å². The van der Waals surface area contributed by atoms with E-state index in [1.165, 1.54) is 29.7 Å². The van der Waals surface area contributed by atoms with Crippen LogP contribution in [0.4, 0.5) is 13.2 Å². The number of thiazole rings is 1. The van der Waals surface area contributed by atoms with Crippen molar-refractivity contribution in [3.8, 4) is 10.6 Å². The molecule has 0 radical (unpaired) electrons. The fourth-order valence-corrected chi connectivity index (χ4v) is 2.97. The van der Waals surface area contributed by atoms with Crippen molar-refractivity contribution in [2.45, 2.75) is 19.1 Å². The van der Waals surface area contributed by atoms with E-state index in [9.17, 15) is 18.0 Å². The van der Waals surface area contributed by atoms with Crippen molar-refractivity contribution in [1.29, 1.82) is 0 Å². The lowest BCUT2D eigenvalue weighted by molar-refractivity contribution is -0.137. The van der Waals surface area contributed by atoms with Crippen molar-refractivity contribution in [2.75, 3.05) is 0 Å². The highest BCUT2D eigenvalue weighted by molar-refractivity contribution is 7.13. The van der Waals surface area contributed by atoms with Gasteiger partial charge in [0.2, 0.25) is 5.91 Å². The summed E-state index contributed by atoms with van der Waals surface area (Å²) < 4.78 is 42.9. The van der Waals surface area contributed by atoms with Crippen molar-refractivity contribution < 1.29 is 22.4 Å². The van der Waals surface area contributed by atoms with Crippen LogP contribution >= 0.6 is 11.3 Å². The number of carbonyl (C=O) groups excluding carboxylic acids is 1. The zero-order valence-electron chi connectivity index (χ0n) is 12.8. The molecule has 1 amide bonds. The highest BCUT2D eigenvalue weighted by Gasteiger charge is 2.30. The molecule has 4 nitrogen and oxygen atoms in total. The Morgan fingerprint density at radius 3 is 2.60 bits per heavy atom. The summed E-state index contributed by atoms with van der Waals surface area (Å²) in [5.74, 6) is 0.442. The molecule has 0 aliphatic carbocycles. The molecular formula is C17H13F3N2O2S. The maximum atomic E-state index is 12.6. The number of carbonyl (C=O) groups is 1. The zero-order chi connectivity index (χ0) is 17.9. The van der Waals surface area contributed by atoms with Gasteiger partial charge in [0.15, 0.2) is 0 Å². The maximum absolute atomic E-state index is 12.6. The van der Waals surface area contributed by atoms with Crippen LogP contribution in [-0.2, 0) is 23.9 Å². The molecule has 1 N–H and O–H groups in total. The van der Waals surface area contributed by atoms with Crippen LogP contribution in [0.3, 0.4) is 0 Å². The van der Waals surface area contributed by atoms with E-state index < -0.39 is 11.7 Å². The second-order valence-corrected chi connectivity index (χ2v) is 6.11. The average molecular weight is 366 g/mol. The number of alkyl halides is 3. The molecule has 0 unspecified atom stereocenters. The molecule has 130 valence electrons. The topological polar surface area (TPSA) is 55.1 Å². The van der Waals surface area contributed by atoms with Gasteiger partial charge in [-0.2, -0.15) is 13.2 Å². The predicted octanol–water partition coefficient (Wildman–Crippen LogP) is 4.28. The average Bonchev–Trinajstić information content (AvgIpc) is 3.24. The highest BCUT2D eigenvalue weighted by Crippen LogP contribution is 2.31. The third-order valence-corrected chi connectivity index (χ3v) is 4.33. The molecule has 3 rings (SSSR count). The van der Waals surface area contributed by atoms with Crippen molar-refractivity contribution in [1.82, 2.24) is 10.3 Å². The van der Waals surface area contributed by atoms with E-state index >= 15 is 0 Å². The second kappa shape index (κ2) is 7.10. The molecule has 0 spiro atoms. The first-order valence-electron chi connectivity index (χ1n) is 7.33. The van der Waals surface area contributed by atoms with E-state index in [0.29, 0.717) is 28.6 Å². The first-order chi connectivity index (χ1) is 11.9. The Kier molecular flexibility index (Phi) is 4.89. The van der Waals surface area contributed by atoms with E-state index in [1.54, 1.807) is 17.5 Å². The lowest BCUT2D eigenvalue weighted by Crippen LogP contribution is -2.24. The highest BCUT2D eigenvalue weighted by atomic mass is 32.1. The zero-order valence-corrected chi connectivity index (χ0v) is 13.7. The Balaban J connectivity index is 1.61. The van der Waals surface area contributed by atoms with E-state index in [0.717, 1.165) is 12.1 Å². The number of halogens is 3. The Labute approximate surface area is 145 Å². The summed E-state index contributed by atoms with van der Waals surface area (Å²) in [5.41, 5.74) is 0.447. The predicted molar refractivity (Wildman–Crippen MR) is 86.8 cm³/mol. The smallest absolute Gasteiger partial charge is 0.416 e. The van der Waals surface area contributed by atoms with E-state index in [-0.39, 0.29) is 12.3 Å². The third kappa shape index (κ3) is 4.48. The Morgan fingerprint density at radius 2 is 1.96 bits per heavy atom. The fourth-order valence-electron chi connectivity index (χ4n) is 2.15. The minimum atomic E-state index is -4.36. The van der Waals surface area contributed by atoms with Crippen molar-refractivity contribution in [3.63, 3.8) is 0 Å². The molecule has 0 aliphatic heterocycles. The Hall–Kier alpha value is -2.61. The molecule has 1 aromatic carbocycles. The molecule has 0 fully saturated rings. The summed E-state index contributed by atoms with van der Waals surface area (Å²) in [7, 11) is 0. The van der Waals surface area contributed by atoms with Gasteiger partial charge in [0.25, 0.3) is 0 Å². The summed E-state index contributed by atoms with van der Waals surface area (Å²) in [6, 6.07) is 8.29. The van der Waals surface area contributed by atoms with Gasteiger partial charge in [0.1, 0.15) is 10.8 Å². The van der Waals surface area contributed by atoms with Crippen LogP contribution < -0.4 is 5.32 Å². The number of nitrogens with one attached hydrogen (secondary N) is 1. The van der Waals surface area contributed by atoms with Gasteiger partial charge in [-0.1, -0.05) is 12.1 Å². The SMILES string of the molecule is O=C(Cc1csc(-c2ccc(C(F)(F)F)cc2)n1)NCc1ccco1. The molecular weight excluding hydrogens is 353 g/mol. The van der Waals surface area contributed by atoms with Crippen molar-refractivity contribution in [2.24, 2.45) is 0 Å². The number of amides is 1.